The van der Waals surface area contributed by atoms with Crippen LogP contribution in [0.25, 0.3) is 11.3 Å². The summed E-state index contributed by atoms with van der Waals surface area (Å²) in [6, 6.07) is 10.2. The quantitative estimate of drug-likeness (QED) is 0.526. The molecule has 0 radical (unpaired) electrons. The van der Waals surface area contributed by atoms with Crippen molar-refractivity contribution in [2.45, 2.75) is 12.5 Å². The second kappa shape index (κ2) is 10.2. The predicted molar refractivity (Wildman–Crippen MR) is 132 cm³/mol. The monoisotopic (exact) mass is 497 g/mol. The number of anilines is 3. The van der Waals surface area contributed by atoms with Crippen LogP contribution in [-0.4, -0.2) is 66.8 Å². The second-order valence-corrected chi connectivity index (χ2v) is 8.97. The number of pyridine rings is 2. The van der Waals surface area contributed by atoms with Crippen LogP contribution in [0.1, 0.15) is 6.42 Å². The summed E-state index contributed by atoms with van der Waals surface area (Å²) in [5.41, 5.74) is 2.33. The number of rotatable bonds is 7. The number of fused-ring (bicyclic) bond motifs is 1. The number of carbonyl (C=O) groups excluding carboxylic acids is 1. The first kappa shape index (κ1) is 23.5. The summed E-state index contributed by atoms with van der Waals surface area (Å²) in [6.07, 6.45) is 3.60. The van der Waals surface area contributed by atoms with Crippen molar-refractivity contribution in [1.82, 2.24) is 14.9 Å². The third-order valence-electron chi connectivity index (χ3n) is 6.17. The summed E-state index contributed by atoms with van der Waals surface area (Å²) in [6.45, 7) is 3.10. The highest BCUT2D eigenvalue weighted by molar-refractivity contribution is 6.30. The van der Waals surface area contributed by atoms with Crippen molar-refractivity contribution in [1.29, 1.82) is 0 Å². The lowest BCUT2D eigenvalue weighted by atomic mass is 10.1. The Bertz CT molecular complexity index is 1240. The summed E-state index contributed by atoms with van der Waals surface area (Å²) in [5.74, 6) is 0.541. The van der Waals surface area contributed by atoms with Crippen LogP contribution in [0.4, 0.5) is 21.6 Å². The first-order chi connectivity index (χ1) is 17.0. The van der Waals surface area contributed by atoms with Gasteiger partial charge in [-0.25, -0.2) is 9.37 Å². The molecule has 1 fully saturated rings. The molecule has 3 aromatic rings. The number of carbonyl (C=O) groups is 1. The smallest absolute Gasteiger partial charge is 0.226 e. The highest BCUT2D eigenvalue weighted by Gasteiger charge is 2.24. The maximum atomic E-state index is 14.5. The molecular weight excluding hydrogens is 473 g/mol. The van der Waals surface area contributed by atoms with Crippen molar-refractivity contribution in [3.05, 3.63) is 59.6 Å². The van der Waals surface area contributed by atoms with E-state index in [4.69, 9.17) is 21.1 Å². The van der Waals surface area contributed by atoms with E-state index in [2.05, 4.69) is 20.2 Å². The largest absolute Gasteiger partial charge is 0.488 e. The van der Waals surface area contributed by atoms with Gasteiger partial charge in [0, 0.05) is 41.5 Å². The van der Waals surface area contributed by atoms with E-state index >= 15 is 0 Å². The Morgan fingerprint density at radius 3 is 2.91 bits per heavy atom. The number of hydrogen-bond donors (Lipinski definition) is 1. The van der Waals surface area contributed by atoms with Crippen LogP contribution >= 0.6 is 11.6 Å². The van der Waals surface area contributed by atoms with E-state index < -0.39 is 5.82 Å². The average Bonchev–Trinajstić information content (AvgIpc) is 2.82. The minimum Gasteiger partial charge on any atom is -0.488 e. The number of nitrogens with zero attached hydrogens (tertiary/aromatic N) is 4. The van der Waals surface area contributed by atoms with Gasteiger partial charge in [0.05, 0.1) is 43.4 Å². The van der Waals surface area contributed by atoms with Gasteiger partial charge in [0.15, 0.2) is 5.75 Å². The van der Waals surface area contributed by atoms with Gasteiger partial charge in [-0.3, -0.25) is 14.7 Å². The minimum atomic E-state index is -0.408. The number of nitrogens with one attached hydrogen (secondary N) is 1. The fourth-order valence-electron chi connectivity index (χ4n) is 4.03. The molecule has 4 heterocycles. The molecule has 0 spiro atoms. The molecule has 10 heteroatoms. The molecular formula is C25H25ClFN5O3. The second-order valence-electron chi connectivity index (χ2n) is 8.53. The Morgan fingerprint density at radius 2 is 2.11 bits per heavy atom. The molecule has 0 aliphatic carbocycles. The van der Waals surface area contributed by atoms with Gasteiger partial charge in [0.1, 0.15) is 18.2 Å². The third kappa shape index (κ3) is 5.22. The number of likely N-dealkylation sites (N-methyl/N-ethyl adjacent to an activating group) is 1. The lowest BCUT2D eigenvalue weighted by Crippen LogP contribution is -2.47. The molecule has 5 rings (SSSR count). The Morgan fingerprint density at radius 1 is 1.26 bits per heavy atom. The van der Waals surface area contributed by atoms with Gasteiger partial charge >= 0.3 is 0 Å². The van der Waals surface area contributed by atoms with Crippen molar-refractivity contribution in [3.8, 4) is 17.0 Å². The normalized spacial score (nSPS) is 15.4. The predicted octanol–water partition coefficient (Wildman–Crippen LogP) is 4.13. The van der Waals surface area contributed by atoms with E-state index in [-0.39, 0.29) is 5.91 Å². The fourth-order valence-corrected chi connectivity index (χ4v) is 4.20. The summed E-state index contributed by atoms with van der Waals surface area (Å²) in [7, 11) is 1.99. The SMILES string of the molecule is CN(CCC(=O)Nc1cc(N2CCOc3cnc(-c4cc(Cl)ccc4F)cc32)ccn1)C1COC1. The van der Waals surface area contributed by atoms with Crippen LogP contribution in [0.5, 0.6) is 5.75 Å². The molecule has 1 amide bonds. The van der Waals surface area contributed by atoms with Gasteiger partial charge in [-0.15, -0.1) is 0 Å². The van der Waals surface area contributed by atoms with Crippen LogP contribution in [0.3, 0.4) is 0 Å². The maximum Gasteiger partial charge on any atom is 0.226 e. The number of hydrogen-bond acceptors (Lipinski definition) is 7. The Balaban J connectivity index is 1.34. The summed E-state index contributed by atoms with van der Waals surface area (Å²) >= 11 is 6.08. The van der Waals surface area contributed by atoms with E-state index in [0.29, 0.717) is 73.2 Å². The number of benzene rings is 1. The first-order valence-electron chi connectivity index (χ1n) is 11.4. The van der Waals surface area contributed by atoms with Gasteiger partial charge < -0.3 is 19.7 Å². The molecule has 1 aromatic carbocycles. The summed E-state index contributed by atoms with van der Waals surface area (Å²) in [5, 5.41) is 3.31. The van der Waals surface area contributed by atoms with E-state index in [1.54, 1.807) is 24.5 Å². The number of ether oxygens (including phenoxy) is 2. The summed E-state index contributed by atoms with van der Waals surface area (Å²) < 4.78 is 25.4. The molecule has 2 aromatic heterocycles. The van der Waals surface area contributed by atoms with Crippen LogP contribution < -0.4 is 15.0 Å². The fraction of sp³-hybridized carbons (Fsp3) is 0.320. The number of amides is 1. The Kier molecular flexibility index (Phi) is 6.81. The molecule has 2 aliphatic heterocycles. The van der Waals surface area contributed by atoms with Gasteiger partial charge in [-0.2, -0.15) is 0 Å². The molecule has 0 atom stereocenters. The summed E-state index contributed by atoms with van der Waals surface area (Å²) in [4.78, 5) is 25.3. The molecule has 182 valence electrons. The highest BCUT2D eigenvalue weighted by atomic mass is 35.5. The van der Waals surface area contributed by atoms with Crippen molar-refractivity contribution in [2.24, 2.45) is 0 Å². The van der Waals surface area contributed by atoms with Crippen molar-refractivity contribution in [3.63, 3.8) is 0 Å². The van der Waals surface area contributed by atoms with E-state index in [9.17, 15) is 9.18 Å². The topological polar surface area (TPSA) is 79.8 Å². The Hall–Kier alpha value is -3.27. The molecule has 35 heavy (non-hydrogen) atoms. The maximum absolute atomic E-state index is 14.5. The van der Waals surface area contributed by atoms with Crippen LogP contribution in [-0.2, 0) is 9.53 Å². The van der Waals surface area contributed by atoms with E-state index in [1.807, 2.05) is 24.1 Å². The molecule has 0 unspecified atom stereocenters. The molecule has 8 nitrogen and oxygen atoms in total. The van der Waals surface area contributed by atoms with Gasteiger partial charge in [-0.1, -0.05) is 11.6 Å². The van der Waals surface area contributed by atoms with Gasteiger partial charge in [0.25, 0.3) is 0 Å². The zero-order valence-electron chi connectivity index (χ0n) is 19.2. The number of halogens is 2. The third-order valence-corrected chi connectivity index (χ3v) is 6.41. The molecule has 1 N–H and O–H groups in total. The average molecular weight is 498 g/mol. The van der Waals surface area contributed by atoms with Gasteiger partial charge in [0.2, 0.25) is 5.91 Å². The molecule has 1 saturated heterocycles. The highest BCUT2D eigenvalue weighted by Crippen LogP contribution is 2.39. The lowest BCUT2D eigenvalue weighted by molar-refractivity contribution is -0.117. The first-order valence-corrected chi connectivity index (χ1v) is 11.8. The van der Waals surface area contributed by atoms with Crippen LogP contribution in [0.2, 0.25) is 5.02 Å². The molecule has 0 bridgehead atoms. The molecule has 0 saturated carbocycles. The van der Waals surface area contributed by atoms with E-state index in [1.165, 1.54) is 12.1 Å². The number of aromatic nitrogens is 2. The van der Waals surface area contributed by atoms with Crippen LogP contribution in [0.15, 0.2) is 48.8 Å². The van der Waals surface area contributed by atoms with E-state index in [0.717, 1.165) is 11.4 Å². The van der Waals surface area contributed by atoms with Crippen molar-refractivity contribution in [2.75, 3.05) is 50.2 Å². The van der Waals surface area contributed by atoms with Crippen LogP contribution in [0, 0.1) is 5.82 Å². The van der Waals surface area contributed by atoms with Gasteiger partial charge in [-0.05, 0) is 37.4 Å². The lowest BCUT2D eigenvalue weighted by Gasteiger charge is -2.34. The zero-order valence-corrected chi connectivity index (χ0v) is 20.0. The Labute approximate surface area is 207 Å². The molecule has 2 aliphatic rings. The zero-order chi connectivity index (χ0) is 24.4. The van der Waals surface area contributed by atoms with Crippen molar-refractivity contribution < 1.29 is 18.7 Å². The van der Waals surface area contributed by atoms with Crippen molar-refractivity contribution >= 4 is 34.7 Å². The standard InChI is InChI=1S/C25H25ClFN5O3/c1-31(18-14-34-15-18)7-5-25(33)30-24-11-17(4-6-28-24)32-8-9-35-23-13-29-21(12-22(23)32)19-10-16(26)2-3-20(19)27/h2-4,6,10-13,18H,5,7-9,14-15H2,1H3,(H,28,30,33). The minimum absolute atomic E-state index is 0.105.